The second kappa shape index (κ2) is 6.50. The Balaban J connectivity index is 2.07. The van der Waals surface area contributed by atoms with Crippen LogP contribution in [0.1, 0.15) is 32.6 Å². The summed E-state index contributed by atoms with van der Waals surface area (Å²) in [6.07, 6.45) is 0. The Morgan fingerprint density at radius 2 is 1.81 bits per heavy atom. The molecule has 1 amide bonds. The first kappa shape index (κ1) is 15.2. The Labute approximate surface area is 124 Å². The van der Waals surface area contributed by atoms with Crippen molar-refractivity contribution in [1.29, 1.82) is 0 Å². The lowest BCUT2D eigenvalue weighted by Gasteiger charge is -2.09. The first-order valence-electron chi connectivity index (χ1n) is 6.84. The van der Waals surface area contributed by atoms with Crippen LogP contribution in [0.3, 0.4) is 0 Å². The number of rotatable bonds is 4. The van der Waals surface area contributed by atoms with Crippen LogP contribution >= 0.6 is 0 Å². The summed E-state index contributed by atoms with van der Waals surface area (Å²) in [4.78, 5) is 12.1. The van der Waals surface area contributed by atoms with E-state index in [0.29, 0.717) is 29.8 Å². The van der Waals surface area contributed by atoms with Crippen LogP contribution in [0, 0.1) is 19.7 Å². The molecule has 4 heteroatoms. The largest absolute Gasteiger partial charge is 0.348 e. The Hall–Kier alpha value is -2.20. The fraction of sp³-hybridized carbons (Fsp3) is 0.235. The second-order valence-corrected chi connectivity index (χ2v) is 5.13. The molecule has 2 rings (SSSR count). The van der Waals surface area contributed by atoms with Crippen molar-refractivity contribution < 1.29 is 9.18 Å². The van der Waals surface area contributed by atoms with Crippen LogP contribution in [0.4, 0.5) is 4.39 Å². The van der Waals surface area contributed by atoms with Crippen molar-refractivity contribution >= 4 is 5.91 Å². The van der Waals surface area contributed by atoms with E-state index in [1.807, 2.05) is 12.1 Å². The van der Waals surface area contributed by atoms with Gasteiger partial charge in [-0.25, -0.2) is 4.39 Å². The fourth-order valence-corrected chi connectivity index (χ4v) is 2.26. The van der Waals surface area contributed by atoms with E-state index in [4.69, 9.17) is 5.73 Å². The molecule has 0 atom stereocenters. The van der Waals surface area contributed by atoms with Crippen LogP contribution in [0.25, 0.3) is 0 Å². The van der Waals surface area contributed by atoms with Crippen LogP contribution < -0.4 is 11.1 Å². The van der Waals surface area contributed by atoms with Gasteiger partial charge in [-0.05, 0) is 48.2 Å². The summed E-state index contributed by atoms with van der Waals surface area (Å²) >= 11 is 0. The molecule has 0 radical (unpaired) electrons. The van der Waals surface area contributed by atoms with E-state index in [0.717, 1.165) is 11.1 Å². The highest BCUT2D eigenvalue weighted by Gasteiger charge is 2.08. The van der Waals surface area contributed by atoms with Crippen molar-refractivity contribution in [2.75, 3.05) is 0 Å². The van der Waals surface area contributed by atoms with E-state index < -0.39 is 0 Å². The zero-order valence-electron chi connectivity index (χ0n) is 12.2. The summed E-state index contributed by atoms with van der Waals surface area (Å²) < 4.78 is 13.6. The van der Waals surface area contributed by atoms with Gasteiger partial charge in [0.05, 0.1) is 0 Å². The Bertz CT molecular complexity index is 645. The number of nitrogens with one attached hydrogen (secondary N) is 1. The smallest absolute Gasteiger partial charge is 0.251 e. The number of carbonyl (C=O) groups excluding carboxylic acids is 1. The Morgan fingerprint density at radius 1 is 1.14 bits per heavy atom. The van der Waals surface area contributed by atoms with Gasteiger partial charge in [0.1, 0.15) is 5.82 Å². The van der Waals surface area contributed by atoms with Gasteiger partial charge in [0.25, 0.3) is 5.91 Å². The van der Waals surface area contributed by atoms with E-state index >= 15 is 0 Å². The molecule has 110 valence electrons. The summed E-state index contributed by atoms with van der Waals surface area (Å²) in [7, 11) is 0. The lowest BCUT2D eigenvalue weighted by molar-refractivity contribution is 0.0951. The van der Waals surface area contributed by atoms with Crippen molar-refractivity contribution in [3.8, 4) is 0 Å². The molecule has 0 heterocycles. The third kappa shape index (κ3) is 3.67. The SMILES string of the molecule is Cc1cc(CNC(=O)c2cccc(CN)c2)cc(C)c1F. The average molecular weight is 286 g/mol. The zero-order chi connectivity index (χ0) is 15.4. The zero-order valence-corrected chi connectivity index (χ0v) is 12.2. The third-order valence-corrected chi connectivity index (χ3v) is 3.37. The summed E-state index contributed by atoms with van der Waals surface area (Å²) in [5.74, 6) is -0.356. The standard InChI is InChI=1S/C17H19FN2O/c1-11-6-14(7-12(2)16(11)18)10-20-17(21)15-5-3-4-13(8-15)9-19/h3-8H,9-10,19H2,1-2H3,(H,20,21). The number of amides is 1. The minimum atomic E-state index is -0.194. The number of carbonyl (C=O) groups is 1. The molecule has 0 aliphatic rings. The minimum Gasteiger partial charge on any atom is -0.348 e. The molecule has 0 aromatic heterocycles. The lowest BCUT2D eigenvalue weighted by atomic mass is 10.1. The molecule has 0 saturated heterocycles. The lowest BCUT2D eigenvalue weighted by Crippen LogP contribution is -2.23. The van der Waals surface area contributed by atoms with Gasteiger partial charge in [0.2, 0.25) is 0 Å². The Kier molecular flexibility index (Phi) is 4.70. The number of benzene rings is 2. The molecular weight excluding hydrogens is 267 g/mol. The molecule has 3 N–H and O–H groups in total. The number of hydrogen-bond acceptors (Lipinski definition) is 2. The quantitative estimate of drug-likeness (QED) is 0.908. The van der Waals surface area contributed by atoms with E-state index in [2.05, 4.69) is 5.32 Å². The van der Waals surface area contributed by atoms with Crippen LogP contribution in [0.2, 0.25) is 0 Å². The molecule has 0 aliphatic carbocycles. The number of hydrogen-bond donors (Lipinski definition) is 2. The number of aryl methyl sites for hydroxylation is 2. The topological polar surface area (TPSA) is 55.1 Å². The summed E-state index contributed by atoms with van der Waals surface area (Å²) in [5.41, 5.74) is 9.11. The van der Waals surface area contributed by atoms with Crippen LogP contribution in [-0.2, 0) is 13.1 Å². The van der Waals surface area contributed by atoms with Gasteiger partial charge in [-0.2, -0.15) is 0 Å². The van der Waals surface area contributed by atoms with Crippen molar-refractivity contribution in [2.45, 2.75) is 26.9 Å². The highest BCUT2D eigenvalue weighted by atomic mass is 19.1. The van der Waals surface area contributed by atoms with Gasteiger partial charge in [0, 0.05) is 18.7 Å². The van der Waals surface area contributed by atoms with Gasteiger partial charge >= 0.3 is 0 Å². The molecule has 3 nitrogen and oxygen atoms in total. The normalized spacial score (nSPS) is 10.5. The molecule has 2 aromatic carbocycles. The van der Waals surface area contributed by atoms with E-state index in [1.54, 1.807) is 38.1 Å². The molecule has 0 bridgehead atoms. The highest BCUT2D eigenvalue weighted by Crippen LogP contribution is 2.14. The van der Waals surface area contributed by atoms with Gasteiger partial charge in [0.15, 0.2) is 0 Å². The predicted octanol–water partition coefficient (Wildman–Crippen LogP) is 2.83. The third-order valence-electron chi connectivity index (χ3n) is 3.37. The monoisotopic (exact) mass is 286 g/mol. The maximum atomic E-state index is 13.6. The van der Waals surface area contributed by atoms with E-state index in [1.165, 1.54) is 0 Å². The molecular formula is C17H19FN2O. The first-order chi connectivity index (χ1) is 10.0. The van der Waals surface area contributed by atoms with Crippen LogP contribution in [-0.4, -0.2) is 5.91 Å². The minimum absolute atomic E-state index is 0.162. The Morgan fingerprint density at radius 3 is 2.43 bits per heavy atom. The molecule has 0 unspecified atom stereocenters. The fourth-order valence-electron chi connectivity index (χ4n) is 2.26. The van der Waals surface area contributed by atoms with Crippen molar-refractivity contribution in [3.05, 3.63) is 70.0 Å². The van der Waals surface area contributed by atoms with Crippen molar-refractivity contribution in [2.24, 2.45) is 5.73 Å². The molecule has 0 fully saturated rings. The second-order valence-electron chi connectivity index (χ2n) is 5.13. The van der Waals surface area contributed by atoms with E-state index in [9.17, 15) is 9.18 Å². The van der Waals surface area contributed by atoms with Gasteiger partial charge < -0.3 is 11.1 Å². The number of nitrogens with two attached hydrogens (primary N) is 1. The molecule has 0 spiro atoms. The van der Waals surface area contributed by atoms with Crippen LogP contribution in [0.5, 0.6) is 0 Å². The maximum Gasteiger partial charge on any atom is 0.251 e. The number of halogens is 1. The average Bonchev–Trinajstić information content (AvgIpc) is 2.50. The van der Waals surface area contributed by atoms with Crippen molar-refractivity contribution in [1.82, 2.24) is 5.32 Å². The van der Waals surface area contributed by atoms with Gasteiger partial charge in [-0.3, -0.25) is 4.79 Å². The highest BCUT2D eigenvalue weighted by molar-refractivity contribution is 5.94. The molecule has 21 heavy (non-hydrogen) atoms. The first-order valence-corrected chi connectivity index (χ1v) is 6.84. The molecule has 0 saturated carbocycles. The maximum absolute atomic E-state index is 13.6. The van der Waals surface area contributed by atoms with Gasteiger partial charge in [-0.15, -0.1) is 0 Å². The summed E-state index contributed by atoms with van der Waals surface area (Å²) in [5, 5.41) is 2.84. The molecule has 0 aliphatic heterocycles. The summed E-state index contributed by atoms with van der Waals surface area (Å²) in [6, 6.07) is 10.7. The summed E-state index contributed by atoms with van der Waals surface area (Å²) in [6.45, 7) is 4.21. The van der Waals surface area contributed by atoms with Gasteiger partial charge in [-0.1, -0.05) is 24.3 Å². The van der Waals surface area contributed by atoms with E-state index in [-0.39, 0.29) is 11.7 Å². The molecule has 2 aromatic rings. The predicted molar refractivity (Wildman–Crippen MR) is 81.4 cm³/mol. The van der Waals surface area contributed by atoms with Crippen molar-refractivity contribution in [3.63, 3.8) is 0 Å². The van der Waals surface area contributed by atoms with Crippen LogP contribution in [0.15, 0.2) is 36.4 Å².